The van der Waals surface area contributed by atoms with Crippen LogP contribution in [0.2, 0.25) is 0 Å². The lowest BCUT2D eigenvalue weighted by molar-refractivity contribution is -0.119. The number of hydrogen-bond acceptors (Lipinski definition) is 5. The third kappa shape index (κ3) is 3.06. The number of carbonyl (C=O) groups is 1. The minimum Gasteiger partial charge on any atom is -0.381 e. The molecule has 2 aliphatic rings. The Morgan fingerprint density at radius 1 is 1.27 bits per heavy atom. The zero-order chi connectivity index (χ0) is 20.9. The Morgan fingerprint density at radius 3 is 2.87 bits per heavy atom. The zero-order valence-corrected chi connectivity index (χ0v) is 17.2. The number of amides is 1. The summed E-state index contributed by atoms with van der Waals surface area (Å²) in [5.74, 6) is 0.913. The van der Waals surface area contributed by atoms with Gasteiger partial charge in [0.2, 0.25) is 11.9 Å². The van der Waals surface area contributed by atoms with Gasteiger partial charge in [0.15, 0.2) is 5.65 Å². The summed E-state index contributed by atoms with van der Waals surface area (Å²) >= 11 is 0. The van der Waals surface area contributed by atoms with Crippen LogP contribution in [-0.2, 0) is 14.9 Å². The number of carbonyl (C=O) groups excluding carboxylic acids is 1. The first-order chi connectivity index (χ1) is 14.4. The summed E-state index contributed by atoms with van der Waals surface area (Å²) in [5, 5.41) is 10.9. The van der Waals surface area contributed by atoms with Gasteiger partial charge in [-0.1, -0.05) is 18.7 Å². The first-order valence-electron chi connectivity index (χ1n) is 10.3. The van der Waals surface area contributed by atoms with Crippen molar-refractivity contribution in [2.75, 3.05) is 23.8 Å². The Morgan fingerprint density at radius 2 is 2.07 bits per heavy atom. The van der Waals surface area contributed by atoms with E-state index in [1.54, 1.807) is 0 Å². The van der Waals surface area contributed by atoms with Gasteiger partial charge in [-0.2, -0.15) is 4.98 Å². The molecule has 0 bridgehead atoms. The quantitative estimate of drug-likeness (QED) is 0.684. The highest BCUT2D eigenvalue weighted by molar-refractivity contribution is 6.06. The van der Waals surface area contributed by atoms with E-state index in [0.717, 1.165) is 59.9 Å². The molecule has 30 heavy (non-hydrogen) atoms. The molecule has 0 spiro atoms. The second-order valence-electron chi connectivity index (χ2n) is 8.49. The zero-order valence-electron chi connectivity index (χ0n) is 17.2. The highest BCUT2D eigenvalue weighted by Gasteiger charge is 2.38. The average molecular weight is 403 g/mol. The molecule has 0 radical (unpaired) electrons. The molecule has 2 N–H and O–H groups in total. The molecule has 0 unspecified atom stereocenters. The number of benzene rings is 1. The Balaban J connectivity index is 1.43. The number of allylic oxidation sites excluding steroid dienone is 1. The molecule has 0 saturated carbocycles. The summed E-state index contributed by atoms with van der Waals surface area (Å²) in [6, 6.07) is 11.8. The molecule has 2 aliphatic heterocycles. The van der Waals surface area contributed by atoms with Gasteiger partial charge in [0, 0.05) is 24.6 Å². The molecular formula is C23H25N5O2. The van der Waals surface area contributed by atoms with E-state index in [-0.39, 0.29) is 5.91 Å². The van der Waals surface area contributed by atoms with Gasteiger partial charge < -0.3 is 15.4 Å². The highest BCUT2D eigenvalue weighted by atomic mass is 16.5. The van der Waals surface area contributed by atoms with Crippen molar-refractivity contribution in [1.82, 2.24) is 14.6 Å². The van der Waals surface area contributed by atoms with E-state index in [9.17, 15) is 4.79 Å². The second-order valence-corrected chi connectivity index (χ2v) is 8.49. The maximum atomic E-state index is 12.2. The van der Waals surface area contributed by atoms with Crippen LogP contribution in [0.4, 0.5) is 17.3 Å². The molecule has 0 aliphatic carbocycles. The molecular weight excluding hydrogens is 378 g/mol. The predicted molar refractivity (Wildman–Crippen MR) is 117 cm³/mol. The molecule has 7 nitrogen and oxygen atoms in total. The molecule has 5 rings (SSSR count). The number of rotatable bonds is 4. The fraction of sp³-hybridized carbons (Fsp3) is 0.348. The number of aromatic nitrogens is 3. The van der Waals surface area contributed by atoms with E-state index in [1.807, 2.05) is 54.8 Å². The maximum Gasteiger partial charge on any atom is 0.247 e. The first-order valence-corrected chi connectivity index (χ1v) is 10.3. The van der Waals surface area contributed by atoms with E-state index >= 15 is 0 Å². The minimum atomic E-state index is -0.519. The maximum absolute atomic E-state index is 12.2. The average Bonchev–Trinajstić information content (AvgIpc) is 3.25. The number of ether oxygens (including phenoxy) is 1. The van der Waals surface area contributed by atoms with E-state index < -0.39 is 5.41 Å². The summed E-state index contributed by atoms with van der Waals surface area (Å²) < 4.78 is 7.33. The third-order valence-electron chi connectivity index (χ3n) is 6.17. The van der Waals surface area contributed by atoms with E-state index in [0.29, 0.717) is 11.9 Å². The summed E-state index contributed by atoms with van der Waals surface area (Å²) in [7, 11) is 0. The van der Waals surface area contributed by atoms with Crippen LogP contribution in [-0.4, -0.2) is 33.7 Å². The fourth-order valence-corrected chi connectivity index (χ4v) is 4.26. The van der Waals surface area contributed by atoms with Crippen molar-refractivity contribution in [2.45, 2.75) is 32.1 Å². The van der Waals surface area contributed by atoms with Gasteiger partial charge in [0.05, 0.1) is 11.1 Å². The van der Waals surface area contributed by atoms with Crippen LogP contribution in [0.25, 0.3) is 11.2 Å². The van der Waals surface area contributed by atoms with E-state index in [1.165, 1.54) is 0 Å². The number of hydrogen-bond donors (Lipinski definition) is 2. The van der Waals surface area contributed by atoms with Crippen molar-refractivity contribution >= 4 is 34.5 Å². The van der Waals surface area contributed by atoms with Gasteiger partial charge in [-0.25, -0.2) is 4.52 Å². The molecule has 4 heterocycles. The molecule has 7 heteroatoms. The number of nitrogens with zero attached hydrogens (tertiary/aromatic N) is 3. The Labute approximate surface area is 175 Å². The van der Waals surface area contributed by atoms with Gasteiger partial charge >= 0.3 is 0 Å². The number of fused-ring (bicyclic) bond motifs is 2. The van der Waals surface area contributed by atoms with Crippen LogP contribution < -0.4 is 10.6 Å². The van der Waals surface area contributed by atoms with Gasteiger partial charge in [-0.3, -0.25) is 4.79 Å². The monoisotopic (exact) mass is 403 g/mol. The molecule has 1 aromatic carbocycles. The van der Waals surface area contributed by atoms with Crippen LogP contribution in [0, 0.1) is 5.92 Å². The number of nitrogens with one attached hydrogen (secondary N) is 2. The normalized spacial score (nSPS) is 18.3. The van der Waals surface area contributed by atoms with Gasteiger partial charge in [-0.15, -0.1) is 5.10 Å². The van der Waals surface area contributed by atoms with Crippen LogP contribution in [0.3, 0.4) is 0 Å². The number of pyridine rings is 1. The van der Waals surface area contributed by atoms with Crippen molar-refractivity contribution in [3.63, 3.8) is 0 Å². The van der Waals surface area contributed by atoms with Crippen LogP contribution in [0.5, 0.6) is 0 Å². The first kappa shape index (κ1) is 18.8. The van der Waals surface area contributed by atoms with Crippen molar-refractivity contribution in [3.8, 4) is 0 Å². The van der Waals surface area contributed by atoms with E-state index in [4.69, 9.17) is 4.74 Å². The molecule has 3 aromatic rings. The SMILES string of the molecule is C=C(c1cccc2nc(Nc3ccc4c(c3)NC(=O)C4(C)C)nn12)C1CCOCC1. The topological polar surface area (TPSA) is 80.5 Å². The largest absolute Gasteiger partial charge is 0.381 e. The lowest BCUT2D eigenvalue weighted by Gasteiger charge is -2.24. The van der Waals surface area contributed by atoms with Crippen molar-refractivity contribution in [3.05, 3.63) is 54.2 Å². The van der Waals surface area contributed by atoms with Gasteiger partial charge in [0.25, 0.3) is 0 Å². The van der Waals surface area contributed by atoms with Crippen LogP contribution in [0.1, 0.15) is 37.9 Å². The Bertz CT molecular complexity index is 1160. The predicted octanol–water partition coefficient (Wildman–Crippen LogP) is 4.14. The summed E-state index contributed by atoms with van der Waals surface area (Å²) in [4.78, 5) is 16.8. The Hall–Kier alpha value is -3.19. The summed E-state index contributed by atoms with van der Waals surface area (Å²) in [6.07, 6.45) is 1.96. The second kappa shape index (κ2) is 6.95. The molecule has 1 saturated heterocycles. The summed E-state index contributed by atoms with van der Waals surface area (Å²) in [5.41, 5.74) is 4.94. The third-order valence-corrected chi connectivity index (χ3v) is 6.17. The van der Waals surface area contributed by atoms with Crippen LogP contribution >= 0.6 is 0 Å². The molecule has 154 valence electrons. The lowest BCUT2D eigenvalue weighted by Crippen LogP contribution is -2.26. The van der Waals surface area contributed by atoms with Crippen molar-refractivity contribution in [1.29, 1.82) is 0 Å². The van der Waals surface area contributed by atoms with E-state index in [2.05, 4.69) is 27.3 Å². The molecule has 0 atom stereocenters. The van der Waals surface area contributed by atoms with Gasteiger partial charge in [0.1, 0.15) is 0 Å². The minimum absolute atomic E-state index is 0.0109. The van der Waals surface area contributed by atoms with Crippen molar-refractivity contribution < 1.29 is 9.53 Å². The highest BCUT2D eigenvalue weighted by Crippen LogP contribution is 2.39. The Kier molecular flexibility index (Phi) is 4.36. The lowest BCUT2D eigenvalue weighted by atomic mass is 9.86. The summed E-state index contributed by atoms with van der Waals surface area (Å²) in [6.45, 7) is 9.75. The van der Waals surface area contributed by atoms with Crippen LogP contribution in [0.15, 0.2) is 43.0 Å². The smallest absolute Gasteiger partial charge is 0.247 e. The molecule has 1 fully saturated rings. The number of anilines is 3. The molecule has 2 aromatic heterocycles. The standard InChI is InChI=1S/C23H25N5O2/c1-14(15-9-11-30-12-10-15)19-5-4-6-20-26-22(27-28(19)20)24-16-7-8-17-18(13-16)25-21(29)23(17,2)3/h4-8,13,15H,1,9-12H2,2-3H3,(H,24,27)(H,25,29). The van der Waals surface area contributed by atoms with Crippen molar-refractivity contribution in [2.24, 2.45) is 5.92 Å². The molecule has 1 amide bonds. The van der Waals surface area contributed by atoms with Gasteiger partial charge in [-0.05, 0) is 68.0 Å². The fourth-order valence-electron chi connectivity index (χ4n) is 4.26.